The topological polar surface area (TPSA) is 46.5 Å². The smallest absolute Gasteiger partial charge is 0.203 e. The summed E-state index contributed by atoms with van der Waals surface area (Å²) in [5.74, 6) is 0.761. The van der Waals surface area contributed by atoms with Crippen LogP contribution in [0.15, 0.2) is 89.3 Å². The van der Waals surface area contributed by atoms with Crippen molar-refractivity contribution in [2.45, 2.75) is 6.61 Å². The van der Waals surface area contributed by atoms with Crippen LogP contribution in [0.3, 0.4) is 0 Å². The van der Waals surface area contributed by atoms with Crippen LogP contribution in [0.4, 0.5) is 5.13 Å². The van der Waals surface area contributed by atoms with E-state index in [4.69, 9.17) is 16.3 Å². The maximum Gasteiger partial charge on any atom is 0.203 e. The highest BCUT2D eigenvalue weighted by atomic mass is 35.5. The molecule has 29 heavy (non-hydrogen) atoms. The van der Waals surface area contributed by atoms with Crippen LogP contribution in [0.25, 0.3) is 11.3 Å². The minimum atomic E-state index is 0.461. The number of hydrazone groups is 1. The highest BCUT2D eigenvalue weighted by molar-refractivity contribution is 7.14. The van der Waals surface area contributed by atoms with Crippen molar-refractivity contribution in [3.8, 4) is 17.0 Å². The third-order valence-corrected chi connectivity index (χ3v) is 5.16. The Morgan fingerprint density at radius 3 is 2.55 bits per heavy atom. The van der Waals surface area contributed by atoms with Crippen LogP contribution in [0, 0.1) is 0 Å². The van der Waals surface area contributed by atoms with Gasteiger partial charge in [0.15, 0.2) is 0 Å². The summed E-state index contributed by atoms with van der Waals surface area (Å²) in [4.78, 5) is 4.57. The Morgan fingerprint density at radius 1 is 0.966 bits per heavy atom. The number of rotatable bonds is 7. The molecule has 1 aromatic heterocycles. The molecule has 6 heteroatoms. The molecule has 0 saturated carbocycles. The minimum Gasteiger partial charge on any atom is -0.488 e. The van der Waals surface area contributed by atoms with Gasteiger partial charge in [-0.3, -0.25) is 5.43 Å². The molecule has 1 N–H and O–H groups in total. The normalized spacial score (nSPS) is 10.9. The highest BCUT2D eigenvalue weighted by Crippen LogP contribution is 2.24. The van der Waals surface area contributed by atoms with Crippen molar-refractivity contribution in [2.24, 2.45) is 5.10 Å². The van der Waals surface area contributed by atoms with Gasteiger partial charge in [0, 0.05) is 21.5 Å². The number of halogens is 1. The molecule has 4 nitrogen and oxygen atoms in total. The van der Waals surface area contributed by atoms with E-state index in [1.54, 1.807) is 6.21 Å². The van der Waals surface area contributed by atoms with Crippen molar-refractivity contribution in [3.05, 3.63) is 100 Å². The number of ether oxygens (including phenoxy) is 1. The number of nitrogens with zero attached hydrogens (tertiary/aromatic N) is 2. The van der Waals surface area contributed by atoms with E-state index in [0.29, 0.717) is 11.6 Å². The zero-order valence-corrected chi connectivity index (χ0v) is 17.0. The maximum absolute atomic E-state index is 5.95. The SMILES string of the molecule is Clc1ccc(COc2ccccc2C=NNc2nc(-c3ccccc3)cs2)cc1. The zero-order chi connectivity index (χ0) is 19.9. The lowest BCUT2D eigenvalue weighted by molar-refractivity contribution is 0.306. The molecule has 0 amide bonds. The molecule has 0 aliphatic rings. The fourth-order valence-electron chi connectivity index (χ4n) is 2.68. The number of thiazole rings is 1. The van der Waals surface area contributed by atoms with Crippen LogP contribution >= 0.6 is 22.9 Å². The first-order valence-corrected chi connectivity index (χ1v) is 10.3. The number of benzene rings is 3. The maximum atomic E-state index is 5.95. The number of anilines is 1. The molecular formula is C23H18ClN3OS. The van der Waals surface area contributed by atoms with E-state index in [1.165, 1.54) is 11.3 Å². The predicted octanol–water partition coefficient (Wildman–Crippen LogP) is 6.49. The van der Waals surface area contributed by atoms with Crippen LogP contribution in [0.1, 0.15) is 11.1 Å². The second-order valence-electron chi connectivity index (χ2n) is 6.23. The summed E-state index contributed by atoms with van der Waals surface area (Å²) in [6.07, 6.45) is 1.74. The first kappa shape index (κ1) is 19.2. The van der Waals surface area contributed by atoms with Gasteiger partial charge in [-0.2, -0.15) is 5.10 Å². The third kappa shape index (κ3) is 5.22. The second kappa shape index (κ2) is 9.37. The molecule has 0 aliphatic carbocycles. The molecule has 0 saturated heterocycles. The number of nitrogens with one attached hydrogen (secondary N) is 1. The van der Waals surface area contributed by atoms with Gasteiger partial charge in [0.2, 0.25) is 5.13 Å². The van der Waals surface area contributed by atoms with E-state index in [2.05, 4.69) is 15.5 Å². The lowest BCUT2D eigenvalue weighted by atomic mass is 10.2. The fourth-order valence-corrected chi connectivity index (χ4v) is 3.48. The molecule has 0 aliphatic heterocycles. The number of aromatic nitrogens is 1. The van der Waals surface area contributed by atoms with Crippen LogP contribution in [-0.2, 0) is 6.61 Å². The van der Waals surface area contributed by atoms with E-state index < -0.39 is 0 Å². The molecule has 0 bridgehead atoms. The Balaban J connectivity index is 1.40. The van der Waals surface area contributed by atoms with Crippen molar-refractivity contribution in [1.82, 2.24) is 4.98 Å². The fraction of sp³-hybridized carbons (Fsp3) is 0.0435. The second-order valence-corrected chi connectivity index (χ2v) is 7.52. The number of hydrogen-bond acceptors (Lipinski definition) is 5. The molecular weight excluding hydrogens is 402 g/mol. The Labute approximate surface area is 178 Å². The highest BCUT2D eigenvalue weighted by Gasteiger charge is 2.04. The Kier molecular flexibility index (Phi) is 6.19. The first-order chi connectivity index (χ1) is 14.3. The average Bonchev–Trinajstić information content (AvgIpc) is 3.24. The van der Waals surface area contributed by atoms with Crippen molar-refractivity contribution >= 4 is 34.3 Å². The lowest BCUT2D eigenvalue weighted by Crippen LogP contribution is -1.99. The van der Waals surface area contributed by atoms with E-state index in [9.17, 15) is 0 Å². The van der Waals surface area contributed by atoms with E-state index in [1.807, 2.05) is 84.2 Å². The minimum absolute atomic E-state index is 0.461. The van der Waals surface area contributed by atoms with Crippen LogP contribution < -0.4 is 10.2 Å². The van der Waals surface area contributed by atoms with Gasteiger partial charge >= 0.3 is 0 Å². The summed E-state index contributed by atoms with van der Waals surface area (Å²) in [7, 11) is 0. The van der Waals surface area contributed by atoms with Gasteiger partial charge in [0.1, 0.15) is 12.4 Å². The van der Waals surface area contributed by atoms with Gasteiger partial charge in [0.25, 0.3) is 0 Å². The molecule has 0 spiro atoms. The molecule has 0 unspecified atom stereocenters. The first-order valence-electron chi connectivity index (χ1n) is 9.04. The van der Waals surface area contributed by atoms with Crippen LogP contribution in [0.2, 0.25) is 5.02 Å². The summed E-state index contributed by atoms with van der Waals surface area (Å²) >= 11 is 7.44. The zero-order valence-electron chi connectivity index (χ0n) is 15.5. The lowest BCUT2D eigenvalue weighted by Gasteiger charge is -2.09. The molecule has 0 fully saturated rings. The van der Waals surface area contributed by atoms with Gasteiger partial charge in [-0.05, 0) is 29.8 Å². The summed E-state index contributed by atoms with van der Waals surface area (Å²) in [6, 6.07) is 25.5. The quantitative estimate of drug-likeness (QED) is 0.275. The Bertz CT molecular complexity index is 1090. The summed E-state index contributed by atoms with van der Waals surface area (Å²) < 4.78 is 5.95. The standard InChI is InChI=1S/C23H18ClN3OS/c24-20-12-10-17(11-13-20)15-28-22-9-5-4-8-19(22)14-25-27-23-26-21(16-29-23)18-6-2-1-3-7-18/h1-14,16H,15H2,(H,26,27). The van der Waals surface area contributed by atoms with Crippen molar-refractivity contribution in [2.75, 3.05) is 5.43 Å². The van der Waals surface area contributed by atoms with Gasteiger partial charge < -0.3 is 4.74 Å². The largest absolute Gasteiger partial charge is 0.488 e. The third-order valence-electron chi connectivity index (χ3n) is 4.16. The van der Waals surface area contributed by atoms with E-state index >= 15 is 0 Å². The Hall–Kier alpha value is -3.15. The molecule has 1 heterocycles. The van der Waals surface area contributed by atoms with E-state index in [-0.39, 0.29) is 0 Å². The molecule has 3 aromatic carbocycles. The number of hydrogen-bond donors (Lipinski definition) is 1. The van der Waals surface area contributed by atoms with Crippen molar-refractivity contribution in [1.29, 1.82) is 0 Å². The summed E-state index contributed by atoms with van der Waals surface area (Å²) in [6.45, 7) is 0.461. The predicted molar refractivity (Wildman–Crippen MR) is 121 cm³/mol. The summed E-state index contributed by atoms with van der Waals surface area (Å²) in [5.41, 5.74) is 6.95. The van der Waals surface area contributed by atoms with Gasteiger partial charge in [-0.15, -0.1) is 11.3 Å². The van der Waals surface area contributed by atoms with Crippen molar-refractivity contribution < 1.29 is 4.74 Å². The number of para-hydroxylation sites is 1. The van der Waals surface area contributed by atoms with Gasteiger partial charge in [-0.25, -0.2) is 4.98 Å². The summed E-state index contributed by atoms with van der Waals surface area (Å²) in [5, 5.41) is 7.78. The molecule has 0 atom stereocenters. The van der Waals surface area contributed by atoms with Crippen LogP contribution in [0.5, 0.6) is 5.75 Å². The van der Waals surface area contributed by atoms with E-state index in [0.717, 1.165) is 33.3 Å². The monoisotopic (exact) mass is 419 g/mol. The van der Waals surface area contributed by atoms with Gasteiger partial charge in [-0.1, -0.05) is 66.2 Å². The van der Waals surface area contributed by atoms with Crippen LogP contribution in [-0.4, -0.2) is 11.2 Å². The molecule has 144 valence electrons. The van der Waals surface area contributed by atoms with Crippen molar-refractivity contribution in [3.63, 3.8) is 0 Å². The van der Waals surface area contributed by atoms with Gasteiger partial charge in [0.05, 0.1) is 11.9 Å². The molecule has 4 rings (SSSR count). The Morgan fingerprint density at radius 2 is 1.72 bits per heavy atom. The molecule has 4 aromatic rings. The molecule has 0 radical (unpaired) electrons. The average molecular weight is 420 g/mol.